The third-order valence-electron chi connectivity index (χ3n) is 2.60. The van der Waals surface area contributed by atoms with E-state index in [2.05, 4.69) is 9.47 Å². The average molecular weight is 326 g/mol. The van der Waals surface area contributed by atoms with Gasteiger partial charge in [0.15, 0.2) is 23.7 Å². The Hall–Kier alpha value is -2.91. The van der Waals surface area contributed by atoms with E-state index < -0.39 is 35.9 Å². The average Bonchev–Trinajstić information content (AvgIpc) is 2.53. The van der Waals surface area contributed by atoms with Crippen molar-refractivity contribution in [2.24, 2.45) is 0 Å². The molecule has 0 spiro atoms. The van der Waals surface area contributed by atoms with Gasteiger partial charge in [-0.3, -0.25) is 0 Å². The van der Waals surface area contributed by atoms with Crippen LogP contribution in [0.15, 0.2) is 24.3 Å². The predicted octanol–water partition coefficient (Wildman–Crippen LogP) is -0.924. The summed E-state index contributed by atoms with van der Waals surface area (Å²) in [7, 11) is 0.935. The van der Waals surface area contributed by atoms with Crippen LogP contribution >= 0.6 is 0 Å². The first-order chi connectivity index (χ1) is 10.8. The topological polar surface area (TPSA) is 151 Å². The Morgan fingerprint density at radius 3 is 2.22 bits per heavy atom. The number of phenols is 2. The fraction of sp³-hybridized carbons (Fsp3) is 0.214. The summed E-state index contributed by atoms with van der Waals surface area (Å²) >= 11 is 0. The first kappa shape index (κ1) is 18.1. The van der Waals surface area contributed by atoms with Gasteiger partial charge in [0.05, 0.1) is 7.11 Å². The number of hydrogen-bond acceptors (Lipinski definition) is 9. The molecule has 1 rings (SSSR count). The molecule has 0 aliphatic heterocycles. The zero-order valence-electron chi connectivity index (χ0n) is 11.9. The second kappa shape index (κ2) is 7.92. The Bertz CT molecular complexity index is 635. The monoisotopic (exact) mass is 326 g/mol. The molecule has 9 nitrogen and oxygen atoms in total. The SMILES string of the molecule is COC(=O)C(O)C(O)C(=O)OC(=O)C=Cc1ccc(O)c(O)c1. The lowest BCUT2D eigenvalue weighted by Gasteiger charge is -2.13. The van der Waals surface area contributed by atoms with Crippen LogP contribution in [0.2, 0.25) is 0 Å². The summed E-state index contributed by atoms with van der Waals surface area (Å²) in [6.45, 7) is 0. The molecule has 2 unspecified atom stereocenters. The molecule has 0 fully saturated rings. The van der Waals surface area contributed by atoms with E-state index in [4.69, 9.17) is 5.11 Å². The van der Waals surface area contributed by atoms with Crippen LogP contribution in [0, 0.1) is 0 Å². The van der Waals surface area contributed by atoms with E-state index in [1.165, 1.54) is 12.1 Å². The summed E-state index contributed by atoms with van der Waals surface area (Å²) < 4.78 is 8.32. The maximum atomic E-state index is 11.4. The van der Waals surface area contributed by atoms with Gasteiger partial charge in [0.25, 0.3) is 0 Å². The van der Waals surface area contributed by atoms with Crippen LogP contribution in [0.25, 0.3) is 6.08 Å². The highest BCUT2D eigenvalue weighted by atomic mass is 16.6. The first-order valence-corrected chi connectivity index (χ1v) is 6.16. The Morgan fingerprint density at radius 1 is 1.04 bits per heavy atom. The highest BCUT2D eigenvalue weighted by Gasteiger charge is 2.33. The quantitative estimate of drug-likeness (QED) is 0.233. The van der Waals surface area contributed by atoms with Crippen LogP contribution < -0.4 is 0 Å². The van der Waals surface area contributed by atoms with E-state index in [-0.39, 0.29) is 5.75 Å². The summed E-state index contributed by atoms with van der Waals surface area (Å²) in [4.78, 5) is 33.7. The molecule has 0 aliphatic rings. The van der Waals surface area contributed by atoms with Crippen LogP contribution in [-0.4, -0.2) is 57.7 Å². The third kappa shape index (κ3) is 5.09. The molecular formula is C14H14O9. The number of carbonyl (C=O) groups excluding carboxylic acids is 3. The number of hydrogen-bond donors (Lipinski definition) is 4. The molecule has 0 radical (unpaired) electrons. The molecule has 2 atom stereocenters. The molecule has 0 aromatic heterocycles. The van der Waals surface area contributed by atoms with E-state index in [0.717, 1.165) is 25.3 Å². The van der Waals surface area contributed by atoms with Crippen LogP contribution in [0.3, 0.4) is 0 Å². The summed E-state index contributed by atoms with van der Waals surface area (Å²) in [5, 5.41) is 36.9. The number of aliphatic hydroxyl groups excluding tert-OH is 2. The third-order valence-corrected chi connectivity index (χ3v) is 2.60. The molecule has 0 aliphatic carbocycles. The maximum absolute atomic E-state index is 11.4. The minimum Gasteiger partial charge on any atom is -0.504 e. The van der Waals surface area contributed by atoms with E-state index in [9.17, 15) is 29.7 Å². The second-order valence-corrected chi connectivity index (χ2v) is 4.23. The minimum absolute atomic E-state index is 0.319. The van der Waals surface area contributed by atoms with E-state index in [1.807, 2.05) is 0 Å². The number of ether oxygens (including phenoxy) is 2. The second-order valence-electron chi connectivity index (χ2n) is 4.23. The van der Waals surface area contributed by atoms with Crippen molar-refractivity contribution in [2.45, 2.75) is 12.2 Å². The normalized spacial score (nSPS) is 13.3. The highest BCUT2D eigenvalue weighted by Crippen LogP contribution is 2.25. The number of esters is 3. The highest BCUT2D eigenvalue weighted by molar-refractivity contribution is 5.97. The molecule has 4 N–H and O–H groups in total. The van der Waals surface area contributed by atoms with Gasteiger partial charge in [-0.1, -0.05) is 6.07 Å². The zero-order valence-corrected chi connectivity index (χ0v) is 11.9. The van der Waals surface area contributed by atoms with Gasteiger partial charge in [0, 0.05) is 6.08 Å². The van der Waals surface area contributed by atoms with Crippen LogP contribution in [0.1, 0.15) is 5.56 Å². The molecule has 0 amide bonds. The number of rotatable bonds is 5. The van der Waals surface area contributed by atoms with Gasteiger partial charge in [-0.05, 0) is 23.8 Å². The molecule has 0 saturated heterocycles. The van der Waals surface area contributed by atoms with Gasteiger partial charge in [-0.2, -0.15) is 0 Å². The van der Waals surface area contributed by atoms with Crippen molar-refractivity contribution >= 4 is 24.0 Å². The van der Waals surface area contributed by atoms with Crippen LogP contribution in [0.5, 0.6) is 11.5 Å². The molecule has 0 heterocycles. The fourth-order valence-electron chi connectivity index (χ4n) is 1.38. The minimum atomic E-state index is -2.28. The van der Waals surface area contributed by atoms with Gasteiger partial charge in [0.1, 0.15) is 0 Å². The molecule has 23 heavy (non-hydrogen) atoms. The van der Waals surface area contributed by atoms with Crippen molar-refractivity contribution < 1.29 is 44.3 Å². The Balaban J connectivity index is 2.65. The molecule has 0 saturated carbocycles. The lowest BCUT2D eigenvalue weighted by atomic mass is 10.2. The number of carbonyl (C=O) groups is 3. The van der Waals surface area contributed by atoms with Crippen molar-refractivity contribution in [1.82, 2.24) is 0 Å². The number of aliphatic hydroxyl groups is 2. The number of phenolic OH excluding ortho intramolecular Hbond substituents is 2. The zero-order chi connectivity index (χ0) is 17.6. The van der Waals surface area contributed by atoms with Crippen molar-refractivity contribution in [2.75, 3.05) is 7.11 Å². The van der Waals surface area contributed by atoms with Crippen LogP contribution in [0.4, 0.5) is 0 Å². The number of aromatic hydroxyl groups is 2. The molecule has 0 bridgehead atoms. The van der Waals surface area contributed by atoms with E-state index in [1.54, 1.807) is 0 Å². The number of benzene rings is 1. The molecule has 9 heteroatoms. The summed E-state index contributed by atoms with van der Waals surface area (Å²) in [5.41, 5.74) is 0.319. The summed E-state index contributed by atoms with van der Waals surface area (Å²) in [6.07, 6.45) is -2.49. The Labute approximate surface area is 130 Å². The van der Waals surface area contributed by atoms with Crippen molar-refractivity contribution in [3.05, 3.63) is 29.8 Å². The molecule has 1 aromatic rings. The molecule has 124 valence electrons. The standard InChI is InChI=1S/C14H14O9/c1-22-13(20)11(18)12(19)14(21)23-10(17)5-3-7-2-4-8(15)9(16)6-7/h2-6,11-12,15-16,18-19H,1H3. The summed E-state index contributed by atoms with van der Waals surface area (Å²) in [6, 6.07) is 3.70. The van der Waals surface area contributed by atoms with Crippen molar-refractivity contribution in [1.29, 1.82) is 0 Å². The van der Waals surface area contributed by atoms with Crippen molar-refractivity contribution in [3.63, 3.8) is 0 Å². The van der Waals surface area contributed by atoms with Gasteiger partial charge in [-0.25, -0.2) is 14.4 Å². The van der Waals surface area contributed by atoms with E-state index >= 15 is 0 Å². The lowest BCUT2D eigenvalue weighted by Crippen LogP contribution is -2.41. The van der Waals surface area contributed by atoms with Crippen LogP contribution in [-0.2, 0) is 23.9 Å². The predicted molar refractivity (Wildman–Crippen MR) is 73.9 cm³/mol. The largest absolute Gasteiger partial charge is 0.504 e. The number of methoxy groups -OCH3 is 1. The van der Waals surface area contributed by atoms with Gasteiger partial charge >= 0.3 is 17.9 Å². The fourth-order valence-corrected chi connectivity index (χ4v) is 1.38. The van der Waals surface area contributed by atoms with E-state index in [0.29, 0.717) is 5.56 Å². The summed E-state index contributed by atoms with van der Waals surface area (Å²) in [5.74, 6) is -4.74. The Kier molecular flexibility index (Phi) is 6.24. The maximum Gasteiger partial charge on any atom is 0.346 e. The molecule has 1 aromatic carbocycles. The van der Waals surface area contributed by atoms with Crippen molar-refractivity contribution in [3.8, 4) is 11.5 Å². The Morgan fingerprint density at radius 2 is 1.65 bits per heavy atom. The van der Waals surface area contributed by atoms with Gasteiger partial charge in [0.2, 0.25) is 0 Å². The smallest absolute Gasteiger partial charge is 0.346 e. The van der Waals surface area contributed by atoms with Gasteiger partial charge < -0.3 is 29.9 Å². The molecular weight excluding hydrogens is 312 g/mol. The van der Waals surface area contributed by atoms with Gasteiger partial charge in [-0.15, -0.1) is 0 Å². The lowest BCUT2D eigenvalue weighted by molar-refractivity contribution is -0.174. The first-order valence-electron chi connectivity index (χ1n) is 6.16.